The van der Waals surface area contributed by atoms with Gasteiger partial charge in [0.2, 0.25) is 5.96 Å². The normalized spacial score (nSPS) is 22.0. The first-order valence-corrected chi connectivity index (χ1v) is 11.6. The number of rotatable bonds is 3. The molecule has 1 aromatic carbocycles. The van der Waals surface area contributed by atoms with Gasteiger partial charge in [-0.1, -0.05) is 6.42 Å². The molecular weight excluding hydrogens is 374 g/mol. The van der Waals surface area contributed by atoms with Crippen LogP contribution in [0.25, 0.3) is 10.9 Å². The fourth-order valence-electron chi connectivity index (χ4n) is 4.49. The Morgan fingerprint density at radius 2 is 1.82 bits per heavy atom. The van der Waals surface area contributed by atoms with Crippen molar-refractivity contribution >= 4 is 26.9 Å². The molecule has 0 bridgehead atoms. The highest BCUT2D eigenvalue weighted by atomic mass is 32.2. The van der Waals surface area contributed by atoms with Crippen LogP contribution in [0.4, 0.5) is 0 Å². The van der Waals surface area contributed by atoms with Crippen molar-refractivity contribution in [1.82, 2.24) is 18.7 Å². The van der Waals surface area contributed by atoms with Crippen LogP contribution in [0.15, 0.2) is 40.4 Å². The van der Waals surface area contributed by atoms with Crippen molar-refractivity contribution < 1.29 is 8.42 Å². The van der Waals surface area contributed by atoms with E-state index in [1.165, 1.54) is 23.6 Å². The lowest BCUT2D eigenvalue weighted by Crippen LogP contribution is -2.56. The fraction of sp³-hybridized carbons (Fsp3) is 0.550. The zero-order valence-corrected chi connectivity index (χ0v) is 17.1. The summed E-state index contributed by atoms with van der Waals surface area (Å²) in [4.78, 5) is 9.62. The number of aromatic nitrogens is 1. The highest BCUT2D eigenvalue weighted by Crippen LogP contribution is 2.27. The molecule has 1 aromatic heterocycles. The van der Waals surface area contributed by atoms with Crippen molar-refractivity contribution in [2.24, 2.45) is 12.0 Å². The lowest BCUT2D eigenvalue weighted by molar-refractivity contribution is 0.0833. The van der Waals surface area contributed by atoms with E-state index in [1.54, 1.807) is 12.1 Å². The van der Waals surface area contributed by atoms with Crippen LogP contribution in [-0.4, -0.2) is 78.4 Å². The standard InChI is InChI=1S/C20H27N5O2S/c1-22-9-7-16-15-18(5-6-19(16)22)28(26,27)25-10-8-21-20(25)24-13-11-23(12-14-24)17-3-2-4-17/h5-7,9,15,17H,2-4,8,10-14H2,1H3. The molecule has 2 aromatic rings. The van der Waals surface area contributed by atoms with E-state index >= 15 is 0 Å². The molecule has 2 aliphatic heterocycles. The summed E-state index contributed by atoms with van der Waals surface area (Å²) in [5, 5.41) is 0.940. The smallest absolute Gasteiger partial charge is 0.266 e. The van der Waals surface area contributed by atoms with Crippen LogP contribution in [0.2, 0.25) is 0 Å². The fourth-order valence-corrected chi connectivity index (χ4v) is 5.97. The molecule has 0 amide bonds. The van der Waals surface area contributed by atoms with Crippen molar-refractivity contribution in [2.45, 2.75) is 30.2 Å². The van der Waals surface area contributed by atoms with Crippen molar-refractivity contribution in [3.05, 3.63) is 30.5 Å². The number of piperazine rings is 1. The maximum atomic E-state index is 13.4. The van der Waals surface area contributed by atoms with Crippen molar-refractivity contribution in [2.75, 3.05) is 39.3 Å². The monoisotopic (exact) mass is 401 g/mol. The van der Waals surface area contributed by atoms with Crippen LogP contribution < -0.4 is 0 Å². The summed E-state index contributed by atoms with van der Waals surface area (Å²) in [7, 11) is -1.64. The molecule has 5 rings (SSSR count). The minimum absolute atomic E-state index is 0.342. The Labute approximate surface area is 166 Å². The summed E-state index contributed by atoms with van der Waals surface area (Å²) in [6, 6.07) is 8.06. The molecule has 3 heterocycles. The molecule has 7 nitrogen and oxygen atoms in total. The Kier molecular flexibility index (Phi) is 4.35. The molecule has 0 unspecified atom stereocenters. The Morgan fingerprint density at radius 3 is 2.54 bits per heavy atom. The number of hydrogen-bond acceptors (Lipinski definition) is 5. The summed E-state index contributed by atoms with van der Waals surface area (Å²) in [5.41, 5.74) is 1.03. The third-order valence-corrected chi connectivity index (χ3v) is 8.19. The third kappa shape index (κ3) is 2.90. The van der Waals surface area contributed by atoms with Crippen molar-refractivity contribution in [3.63, 3.8) is 0 Å². The minimum Gasteiger partial charge on any atom is -0.351 e. The van der Waals surface area contributed by atoms with Gasteiger partial charge < -0.3 is 9.47 Å². The molecule has 150 valence electrons. The van der Waals surface area contributed by atoms with Crippen LogP contribution in [0.1, 0.15) is 19.3 Å². The molecular formula is C20H27N5O2S. The topological polar surface area (TPSA) is 61.2 Å². The number of aryl methyl sites for hydroxylation is 1. The van der Waals surface area contributed by atoms with Gasteiger partial charge in [-0.2, -0.15) is 0 Å². The molecule has 1 aliphatic carbocycles. The average Bonchev–Trinajstić information content (AvgIpc) is 3.28. The first-order valence-electron chi connectivity index (χ1n) is 10.2. The highest BCUT2D eigenvalue weighted by Gasteiger charge is 2.36. The number of guanidine groups is 1. The number of hydrogen-bond donors (Lipinski definition) is 0. The second kappa shape index (κ2) is 6.77. The molecule has 0 radical (unpaired) electrons. The lowest BCUT2D eigenvalue weighted by atomic mass is 9.91. The number of benzene rings is 1. The Morgan fingerprint density at radius 1 is 1.04 bits per heavy atom. The van der Waals surface area contributed by atoms with E-state index in [-0.39, 0.29) is 0 Å². The molecule has 0 spiro atoms. The van der Waals surface area contributed by atoms with E-state index in [0.717, 1.165) is 43.1 Å². The van der Waals surface area contributed by atoms with Crippen LogP contribution >= 0.6 is 0 Å². The molecule has 3 aliphatic rings. The van der Waals surface area contributed by atoms with Crippen LogP contribution in [0.3, 0.4) is 0 Å². The number of aliphatic imine (C=N–C) groups is 1. The lowest BCUT2D eigenvalue weighted by Gasteiger charge is -2.44. The molecule has 28 heavy (non-hydrogen) atoms. The van der Waals surface area contributed by atoms with Crippen molar-refractivity contribution in [3.8, 4) is 0 Å². The van der Waals surface area contributed by atoms with E-state index in [0.29, 0.717) is 23.9 Å². The van der Waals surface area contributed by atoms with Gasteiger partial charge in [0.25, 0.3) is 10.0 Å². The van der Waals surface area contributed by atoms with E-state index in [2.05, 4.69) is 14.8 Å². The number of sulfonamides is 1. The predicted molar refractivity (Wildman–Crippen MR) is 110 cm³/mol. The summed E-state index contributed by atoms with van der Waals surface area (Å²) in [6.45, 7) is 4.64. The maximum absolute atomic E-state index is 13.4. The van der Waals surface area contributed by atoms with Gasteiger partial charge in [0.05, 0.1) is 18.0 Å². The van der Waals surface area contributed by atoms with Gasteiger partial charge >= 0.3 is 0 Å². The van der Waals surface area contributed by atoms with E-state index in [4.69, 9.17) is 0 Å². The van der Waals surface area contributed by atoms with E-state index < -0.39 is 10.0 Å². The van der Waals surface area contributed by atoms with Crippen LogP contribution in [0.5, 0.6) is 0 Å². The third-order valence-electron chi connectivity index (χ3n) is 6.41. The second-order valence-corrected chi connectivity index (χ2v) is 9.88. The Hall–Kier alpha value is -2.06. The van der Waals surface area contributed by atoms with Gasteiger partial charge in [-0.15, -0.1) is 0 Å². The molecule has 1 saturated carbocycles. The average molecular weight is 402 g/mol. The van der Waals surface area contributed by atoms with Gasteiger partial charge in [0, 0.05) is 56.4 Å². The summed E-state index contributed by atoms with van der Waals surface area (Å²) in [6.07, 6.45) is 5.91. The van der Waals surface area contributed by atoms with Crippen LogP contribution in [0, 0.1) is 0 Å². The number of nitrogens with zero attached hydrogens (tertiary/aromatic N) is 5. The SMILES string of the molecule is Cn1ccc2cc(S(=O)(=O)N3CCN=C3N3CCN(C4CCC4)CC3)ccc21. The first-order chi connectivity index (χ1) is 13.5. The van der Waals surface area contributed by atoms with E-state index in [1.807, 2.05) is 29.9 Å². The van der Waals surface area contributed by atoms with Crippen molar-refractivity contribution in [1.29, 1.82) is 0 Å². The quantitative estimate of drug-likeness (QED) is 0.786. The van der Waals surface area contributed by atoms with Crippen LogP contribution in [-0.2, 0) is 17.1 Å². The molecule has 8 heteroatoms. The number of fused-ring (bicyclic) bond motifs is 1. The minimum atomic E-state index is -3.60. The molecule has 2 fully saturated rings. The summed E-state index contributed by atoms with van der Waals surface area (Å²) >= 11 is 0. The van der Waals surface area contributed by atoms with Gasteiger partial charge in [-0.3, -0.25) is 9.89 Å². The molecule has 0 N–H and O–H groups in total. The van der Waals surface area contributed by atoms with Gasteiger partial charge in [-0.25, -0.2) is 12.7 Å². The maximum Gasteiger partial charge on any atom is 0.266 e. The zero-order valence-electron chi connectivity index (χ0n) is 16.3. The first kappa shape index (κ1) is 18.0. The predicted octanol–water partition coefficient (Wildman–Crippen LogP) is 1.71. The highest BCUT2D eigenvalue weighted by molar-refractivity contribution is 7.89. The zero-order chi connectivity index (χ0) is 19.3. The molecule has 1 saturated heterocycles. The Balaban J connectivity index is 1.36. The largest absolute Gasteiger partial charge is 0.351 e. The van der Waals surface area contributed by atoms with Gasteiger partial charge in [-0.05, 0) is 37.1 Å². The Bertz CT molecular complexity index is 1020. The van der Waals surface area contributed by atoms with E-state index in [9.17, 15) is 8.42 Å². The summed E-state index contributed by atoms with van der Waals surface area (Å²) < 4.78 is 30.2. The second-order valence-electron chi connectivity index (χ2n) is 8.01. The molecule has 0 atom stereocenters. The van der Waals surface area contributed by atoms with Gasteiger partial charge in [0.15, 0.2) is 0 Å². The summed E-state index contributed by atoms with van der Waals surface area (Å²) in [5.74, 6) is 0.626. The van der Waals surface area contributed by atoms with Gasteiger partial charge in [0.1, 0.15) is 0 Å².